The lowest BCUT2D eigenvalue weighted by Crippen LogP contribution is -2.34. The number of nitrogens with one attached hydrogen (secondary N) is 1. The van der Waals surface area contributed by atoms with Gasteiger partial charge in [0.25, 0.3) is 0 Å². The molecule has 1 aromatic heterocycles. The fraction of sp³-hybridized carbons (Fsp3) is 0.833. The van der Waals surface area contributed by atoms with Gasteiger partial charge in [-0.05, 0) is 25.7 Å². The van der Waals surface area contributed by atoms with Gasteiger partial charge in [0.2, 0.25) is 15.9 Å². The minimum atomic E-state index is -3.29. The van der Waals surface area contributed by atoms with E-state index in [1.54, 1.807) is 6.92 Å². The van der Waals surface area contributed by atoms with Crippen molar-refractivity contribution in [2.45, 2.75) is 51.5 Å². The molecule has 2 rings (SSSR count). The minimum absolute atomic E-state index is 0.120. The van der Waals surface area contributed by atoms with Gasteiger partial charge in [-0.25, -0.2) is 13.1 Å². The van der Waals surface area contributed by atoms with Crippen LogP contribution in [0.4, 0.5) is 0 Å². The highest BCUT2D eigenvalue weighted by atomic mass is 32.2. The molecule has 0 amide bonds. The largest absolute Gasteiger partial charge is 0.338 e. The zero-order valence-corrected chi connectivity index (χ0v) is 12.6. The quantitative estimate of drug-likeness (QED) is 0.892. The second-order valence-corrected chi connectivity index (χ2v) is 7.70. The summed E-state index contributed by atoms with van der Waals surface area (Å²) in [6.45, 7) is 5.91. The molecule has 0 saturated heterocycles. The summed E-state index contributed by atoms with van der Waals surface area (Å²) in [5.41, 5.74) is -0.120. The van der Waals surface area contributed by atoms with Crippen LogP contribution in [0.5, 0.6) is 0 Å². The summed E-state index contributed by atoms with van der Waals surface area (Å²) in [6.07, 6.45) is 4.74. The van der Waals surface area contributed by atoms with Crippen molar-refractivity contribution in [2.75, 3.05) is 6.26 Å². The summed E-state index contributed by atoms with van der Waals surface area (Å²) >= 11 is 0. The summed E-state index contributed by atoms with van der Waals surface area (Å²) in [4.78, 5) is 4.36. The average Bonchev–Trinajstić information content (AvgIpc) is 2.59. The summed E-state index contributed by atoms with van der Waals surface area (Å²) < 4.78 is 30.0. The maximum absolute atomic E-state index is 11.2. The average molecular weight is 287 g/mol. The Morgan fingerprint density at radius 3 is 2.53 bits per heavy atom. The lowest BCUT2D eigenvalue weighted by molar-refractivity contribution is 0.181. The van der Waals surface area contributed by atoms with Gasteiger partial charge in [0.15, 0.2) is 5.82 Å². The summed E-state index contributed by atoms with van der Waals surface area (Å²) in [6, 6.07) is -0.506. The third-order valence-corrected chi connectivity index (χ3v) is 4.69. The van der Waals surface area contributed by atoms with E-state index in [-0.39, 0.29) is 5.41 Å². The Morgan fingerprint density at radius 2 is 2.05 bits per heavy atom. The van der Waals surface area contributed by atoms with Gasteiger partial charge in [-0.15, -0.1) is 0 Å². The minimum Gasteiger partial charge on any atom is -0.338 e. The third-order valence-electron chi connectivity index (χ3n) is 3.91. The van der Waals surface area contributed by atoms with Gasteiger partial charge in [0, 0.05) is 5.41 Å². The number of sulfonamides is 1. The van der Waals surface area contributed by atoms with Crippen molar-refractivity contribution in [1.29, 1.82) is 0 Å². The first kappa shape index (κ1) is 14.5. The maximum atomic E-state index is 11.2. The van der Waals surface area contributed by atoms with E-state index in [4.69, 9.17) is 4.52 Å². The monoisotopic (exact) mass is 287 g/mol. The standard InChI is InChI=1S/C12H21N3O3S/c1-8(15-19(4,16)17)10-13-11(14-18-10)12(2,3)9-6-5-7-9/h8-9,15H,5-7H2,1-4H3/t8-/m0/s1. The van der Waals surface area contributed by atoms with Crippen molar-refractivity contribution in [3.8, 4) is 0 Å². The fourth-order valence-corrected chi connectivity index (χ4v) is 3.10. The lowest BCUT2D eigenvalue weighted by atomic mass is 9.67. The number of hydrogen-bond acceptors (Lipinski definition) is 5. The van der Waals surface area contributed by atoms with Gasteiger partial charge in [-0.3, -0.25) is 0 Å². The molecule has 0 bridgehead atoms. The van der Waals surface area contributed by atoms with Gasteiger partial charge < -0.3 is 4.52 Å². The molecule has 1 aliphatic carbocycles. The molecule has 1 fully saturated rings. The van der Waals surface area contributed by atoms with E-state index in [1.165, 1.54) is 19.3 Å². The van der Waals surface area contributed by atoms with Gasteiger partial charge in [-0.2, -0.15) is 4.98 Å². The van der Waals surface area contributed by atoms with Crippen molar-refractivity contribution >= 4 is 10.0 Å². The second-order valence-electron chi connectivity index (χ2n) is 5.92. The molecule has 0 aromatic carbocycles. The number of aromatic nitrogens is 2. The molecule has 1 atom stereocenters. The Kier molecular flexibility index (Phi) is 3.70. The molecule has 6 nitrogen and oxygen atoms in total. The number of hydrogen-bond donors (Lipinski definition) is 1. The first-order chi connectivity index (χ1) is 8.70. The van der Waals surface area contributed by atoms with Crippen LogP contribution >= 0.6 is 0 Å². The fourth-order valence-electron chi connectivity index (χ4n) is 2.36. The zero-order chi connectivity index (χ0) is 14.3. The Bertz CT molecular complexity index is 546. The molecule has 0 unspecified atom stereocenters. The van der Waals surface area contributed by atoms with Crippen LogP contribution in [0, 0.1) is 5.92 Å². The summed E-state index contributed by atoms with van der Waals surface area (Å²) in [7, 11) is -3.29. The highest BCUT2D eigenvalue weighted by Crippen LogP contribution is 2.42. The number of rotatable bonds is 5. The lowest BCUT2D eigenvalue weighted by Gasteiger charge is -2.37. The summed E-state index contributed by atoms with van der Waals surface area (Å²) in [5, 5.41) is 4.02. The van der Waals surface area contributed by atoms with Gasteiger partial charge in [-0.1, -0.05) is 25.4 Å². The molecule has 1 saturated carbocycles. The predicted molar refractivity (Wildman–Crippen MR) is 71.1 cm³/mol. The van der Waals surface area contributed by atoms with Crippen LogP contribution in [-0.2, 0) is 15.4 Å². The van der Waals surface area contributed by atoms with Gasteiger partial charge >= 0.3 is 0 Å². The van der Waals surface area contributed by atoms with Crippen molar-refractivity contribution < 1.29 is 12.9 Å². The van der Waals surface area contributed by atoms with E-state index in [1.807, 2.05) is 0 Å². The molecular formula is C12H21N3O3S. The van der Waals surface area contributed by atoms with Crippen LogP contribution in [0.1, 0.15) is 57.8 Å². The third kappa shape index (κ3) is 3.14. The van der Waals surface area contributed by atoms with Crippen molar-refractivity contribution in [3.63, 3.8) is 0 Å². The molecule has 7 heteroatoms. The second kappa shape index (κ2) is 4.86. The smallest absolute Gasteiger partial charge is 0.244 e. The molecule has 1 N–H and O–H groups in total. The predicted octanol–water partition coefficient (Wildman–Crippen LogP) is 1.76. The van der Waals surface area contributed by atoms with E-state index < -0.39 is 16.1 Å². The Morgan fingerprint density at radius 1 is 1.42 bits per heavy atom. The Hall–Kier alpha value is -0.950. The zero-order valence-electron chi connectivity index (χ0n) is 11.8. The van der Waals surface area contributed by atoms with Crippen molar-refractivity contribution in [1.82, 2.24) is 14.9 Å². The Labute approximate surface area is 114 Å². The Balaban J connectivity index is 2.14. The topological polar surface area (TPSA) is 85.1 Å². The van der Waals surface area contributed by atoms with Crippen molar-refractivity contribution in [2.24, 2.45) is 5.92 Å². The molecule has 0 radical (unpaired) electrons. The molecule has 19 heavy (non-hydrogen) atoms. The van der Waals surface area contributed by atoms with Gasteiger partial charge in [0.05, 0.1) is 12.3 Å². The highest BCUT2D eigenvalue weighted by Gasteiger charge is 2.39. The normalized spacial score (nSPS) is 19.2. The van der Waals surface area contributed by atoms with Crippen LogP contribution in [0.2, 0.25) is 0 Å². The SMILES string of the molecule is C[C@H](NS(C)(=O)=O)c1nc(C(C)(C)C2CCC2)no1. The van der Waals surface area contributed by atoms with Crippen LogP contribution in [0.15, 0.2) is 4.52 Å². The van der Waals surface area contributed by atoms with E-state index in [2.05, 4.69) is 28.7 Å². The first-order valence-corrected chi connectivity index (χ1v) is 8.40. The molecule has 108 valence electrons. The van der Waals surface area contributed by atoms with Gasteiger partial charge in [0.1, 0.15) is 0 Å². The molecule has 1 heterocycles. The van der Waals surface area contributed by atoms with Crippen LogP contribution in [-0.4, -0.2) is 24.8 Å². The summed E-state index contributed by atoms with van der Waals surface area (Å²) in [5.74, 6) is 1.55. The van der Waals surface area contributed by atoms with E-state index in [9.17, 15) is 8.42 Å². The van der Waals surface area contributed by atoms with E-state index in [0.717, 1.165) is 6.26 Å². The maximum Gasteiger partial charge on any atom is 0.244 e. The first-order valence-electron chi connectivity index (χ1n) is 6.51. The van der Waals surface area contributed by atoms with E-state index >= 15 is 0 Å². The molecule has 0 spiro atoms. The molecular weight excluding hydrogens is 266 g/mol. The molecule has 1 aromatic rings. The van der Waals surface area contributed by atoms with Crippen LogP contribution < -0.4 is 4.72 Å². The number of nitrogens with zero attached hydrogens (tertiary/aromatic N) is 2. The van der Waals surface area contributed by atoms with Crippen LogP contribution in [0.3, 0.4) is 0 Å². The van der Waals surface area contributed by atoms with Crippen LogP contribution in [0.25, 0.3) is 0 Å². The van der Waals surface area contributed by atoms with Crippen molar-refractivity contribution in [3.05, 3.63) is 11.7 Å². The molecule has 1 aliphatic rings. The van der Waals surface area contributed by atoms with E-state index in [0.29, 0.717) is 17.6 Å². The highest BCUT2D eigenvalue weighted by molar-refractivity contribution is 7.88. The molecule has 0 aliphatic heterocycles.